The van der Waals surface area contributed by atoms with Crippen molar-refractivity contribution < 1.29 is 22.7 Å². The highest BCUT2D eigenvalue weighted by atomic mass is 35.5. The van der Waals surface area contributed by atoms with Crippen molar-refractivity contribution in [1.29, 1.82) is 0 Å². The summed E-state index contributed by atoms with van der Waals surface area (Å²) in [6, 6.07) is 21.8. The number of sulfonamides is 1. The molecule has 2 atom stereocenters. The first kappa shape index (κ1) is 31.0. The Morgan fingerprint density at radius 1 is 0.900 bits per heavy atom. The van der Waals surface area contributed by atoms with Gasteiger partial charge in [-0.2, -0.15) is 0 Å². The van der Waals surface area contributed by atoms with Crippen molar-refractivity contribution in [3.05, 3.63) is 89.4 Å². The SMILES string of the molecule is CC[C@H](C(=O)N[C@@H](C)CC)N(Cc1ccc(Cl)cc1)C(=O)CN(c1ccc(Oc2ccccc2)cc1)S(C)(=O)=O. The molecule has 0 fully saturated rings. The number of hydrogen-bond acceptors (Lipinski definition) is 5. The zero-order valence-corrected chi connectivity index (χ0v) is 24.8. The maximum atomic E-state index is 13.8. The van der Waals surface area contributed by atoms with Crippen LogP contribution >= 0.6 is 11.6 Å². The Hall–Kier alpha value is -3.56. The number of carbonyl (C=O) groups excluding carboxylic acids is 2. The number of hydrogen-bond donors (Lipinski definition) is 1. The molecule has 0 saturated heterocycles. The van der Waals surface area contributed by atoms with Gasteiger partial charge in [0.2, 0.25) is 21.8 Å². The van der Waals surface area contributed by atoms with E-state index in [0.717, 1.165) is 22.5 Å². The minimum Gasteiger partial charge on any atom is -0.457 e. The van der Waals surface area contributed by atoms with E-state index in [9.17, 15) is 18.0 Å². The molecule has 0 aliphatic rings. The number of ether oxygens (including phenoxy) is 1. The van der Waals surface area contributed by atoms with Gasteiger partial charge >= 0.3 is 0 Å². The van der Waals surface area contributed by atoms with Crippen LogP contribution in [0.25, 0.3) is 0 Å². The maximum Gasteiger partial charge on any atom is 0.244 e. The molecule has 8 nitrogen and oxygen atoms in total. The lowest BCUT2D eigenvalue weighted by molar-refractivity contribution is -0.140. The fourth-order valence-corrected chi connectivity index (χ4v) is 5.04. The molecular formula is C30H36ClN3O5S. The van der Waals surface area contributed by atoms with Crippen molar-refractivity contribution in [3.63, 3.8) is 0 Å². The Kier molecular flexibility index (Phi) is 11.0. The summed E-state index contributed by atoms with van der Waals surface area (Å²) in [6.07, 6.45) is 2.14. The molecule has 10 heteroatoms. The highest BCUT2D eigenvalue weighted by Gasteiger charge is 2.32. The monoisotopic (exact) mass is 585 g/mol. The predicted octanol–water partition coefficient (Wildman–Crippen LogP) is 5.62. The molecule has 0 aromatic heterocycles. The summed E-state index contributed by atoms with van der Waals surface area (Å²) < 4.78 is 32.5. The Morgan fingerprint density at radius 3 is 2.05 bits per heavy atom. The second-order valence-electron chi connectivity index (χ2n) is 9.57. The lowest BCUT2D eigenvalue weighted by Crippen LogP contribution is -2.53. The van der Waals surface area contributed by atoms with E-state index in [1.807, 2.05) is 51.1 Å². The van der Waals surface area contributed by atoms with Gasteiger partial charge in [0.25, 0.3) is 0 Å². The summed E-state index contributed by atoms with van der Waals surface area (Å²) in [5.41, 5.74) is 1.07. The number of para-hydroxylation sites is 1. The van der Waals surface area contributed by atoms with E-state index in [0.29, 0.717) is 28.6 Å². The van der Waals surface area contributed by atoms with Crippen LogP contribution < -0.4 is 14.4 Å². The second-order valence-corrected chi connectivity index (χ2v) is 11.9. The number of nitrogens with zero attached hydrogens (tertiary/aromatic N) is 2. The lowest BCUT2D eigenvalue weighted by atomic mass is 10.1. The van der Waals surface area contributed by atoms with Crippen LogP contribution in [0.5, 0.6) is 11.5 Å². The van der Waals surface area contributed by atoms with Gasteiger partial charge in [0.05, 0.1) is 11.9 Å². The molecule has 0 heterocycles. The average molecular weight is 586 g/mol. The summed E-state index contributed by atoms with van der Waals surface area (Å²) in [6.45, 7) is 5.32. The number of amides is 2. The normalized spacial score (nSPS) is 12.7. The molecular weight excluding hydrogens is 550 g/mol. The molecule has 40 heavy (non-hydrogen) atoms. The topological polar surface area (TPSA) is 96.0 Å². The van der Waals surface area contributed by atoms with Crippen LogP contribution in [0, 0.1) is 0 Å². The van der Waals surface area contributed by atoms with Gasteiger partial charge in [-0.05, 0) is 73.9 Å². The Labute approximate surface area is 241 Å². The van der Waals surface area contributed by atoms with Crippen LogP contribution in [0.4, 0.5) is 5.69 Å². The number of benzene rings is 3. The third-order valence-electron chi connectivity index (χ3n) is 6.44. The fraction of sp³-hybridized carbons (Fsp3) is 0.333. The number of carbonyl (C=O) groups is 2. The fourth-order valence-electron chi connectivity index (χ4n) is 4.07. The number of nitrogens with one attached hydrogen (secondary N) is 1. The molecule has 0 radical (unpaired) electrons. The van der Waals surface area contributed by atoms with Crippen molar-refractivity contribution in [2.45, 2.75) is 52.2 Å². The van der Waals surface area contributed by atoms with E-state index >= 15 is 0 Å². The van der Waals surface area contributed by atoms with E-state index in [2.05, 4.69) is 5.32 Å². The highest BCUT2D eigenvalue weighted by molar-refractivity contribution is 7.92. The zero-order chi connectivity index (χ0) is 29.3. The van der Waals surface area contributed by atoms with Gasteiger partial charge in [0.1, 0.15) is 24.1 Å². The van der Waals surface area contributed by atoms with E-state index < -0.39 is 28.5 Å². The molecule has 0 aliphatic heterocycles. The molecule has 0 saturated carbocycles. The molecule has 214 valence electrons. The Bertz CT molecular complexity index is 1370. The number of anilines is 1. The summed E-state index contributed by atoms with van der Waals surface area (Å²) in [7, 11) is -3.85. The summed E-state index contributed by atoms with van der Waals surface area (Å²) in [5.74, 6) is 0.375. The lowest BCUT2D eigenvalue weighted by Gasteiger charge is -2.33. The molecule has 0 unspecified atom stereocenters. The van der Waals surface area contributed by atoms with Crippen molar-refractivity contribution in [3.8, 4) is 11.5 Å². The van der Waals surface area contributed by atoms with E-state index in [1.165, 1.54) is 4.90 Å². The van der Waals surface area contributed by atoms with E-state index in [4.69, 9.17) is 16.3 Å². The van der Waals surface area contributed by atoms with Crippen molar-refractivity contribution >= 4 is 39.1 Å². The summed E-state index contributed by atoms with van der Waals surface area (Å²) in [4.78, 5) is 28.4. The van der Waals surface area contributed by atoms with E-state index in [1.54, 1.807) is 48.5 Å². The predicted molar refractivity (Wildman–Crippen MR) is 159 cm³/mol. The minimum absolute atomic E-state index is 0.0711. The minimum atomic E-state index is -3.85. The second kappa shape index (κ2) is 14.2. The first-order chi connectivity index (χ1) is 19.0. The molecule has 1 N–H and O–H groups in total. The van der Waals surface area contributed by atoms with Gasteiger partial charge in [-0.15, -0.1) is 0 Å². The van der Waals surface area contributed by atoms with Gasteiger partial charge < -0.3 is 15.0 Å². The summed E-state index contributed by atoms with van der Waals surface area (Å²) in [5, 5.41) is 3.50. The van der Waals surface area contributed by atoms with Crippen LogP contribution in [0.3, 0.4) is 0 Å². The van der Waals surface area contributed by atoms with Crippen molar-refractivity contribution in [1.82, 2.24) is 10.2 Å². The van der Waals surface area contributed by atoms with Gasteiger partial charge in [0.15, 0.2) is 0 Å². The van der Waals surface area contributed by atoms with Crippen LogP contribution in [0.2, 0.25) is 5.02 Å². The Morgan fingerprint density at radius 2 is 1.50 bits per heavy atom. The highest BCUT2D eigenvalue weighted by Crippen LogP contribution is 2.26. The third-order valence-corrected chi connectivity index (χ3v) is 7.83. The third kappa shape index (κ3) is 8.72. The van der Waals surface area contributed by atoms with Gasteiger partial charge in [-0.3, -0.25) is 13.9 Å². The van der Waals surface area contributed by atoms with E-state index in [-0.39, 0.29) is 18.5 Å². The zero-order valence-electron chi connectivity index (χ0n) is 23.2. The largest absolute Gasteiger partial charge is 0.457 e. The smallest absolute Gasteiger partial charge is 0.244 e. The molecule has 2 amide bonds. The van der Waals surface area contributed by atoms with Crippen LogP contribution in [-0.2, 0) is 26.2 Å². The van der Waals surface area contributed by atoms with Gasteiger partial charge in [-0.1, -0.05) is 55.8 Å². The van der Waals surface area contributed by atoms with Gasteiger partial charge in [-0.25, -0.2) is 8.42 Å². The molecule has 3 rings (SSSR count). The maximum absolute atomic E-state index is 13.8. The van der Waals surface area contributed by atoms with Gasteiger partial charge in [0, 0.05) is 17.6 Å². The van der Waals surface area contributed by atoms with Crippen molar-refractivity contribution in [2.75, 3.05) is 17.1 Å². The molecule has 3 aromatic rings. The van der Waals surface area contributed by atoms with Crippen LogP contribution in [0.1, 0.15) is 39.2 Å². The average Bonchev–Trinajstić information content (AvgIpc) is 2.93. The number of rotatable bonds is 13. The quantitative estimate of drug-likeness (QED) is 0.281. The first-order valence-electron chi connectivity index (χ1n) is 13.2. The molecule has 0 aliphatic carbocycles. The molecule has 0 bridgehead atoms. The van der Waals surface area contributed by atoms with Crippen LogP contribution in [0.15, 0.2) is 78.9 Å². The first-order valence-corrected chi connectivity index (χ1v) is 15.4. The standard InChI is InChI=1S/C30H36ClN3O5S/c1-5-22(3)32-30(36)28(6-2)33(20-23-12-14-24(31)15-13-23)29(35)21-34(40(4,37)38)25-16-18-27(19-17-25)39-26-10-8-7-9-11-26/h7-19,22,28H,5-6,20-21H2,1-4H3,(H,32,36)/t22-,28+/m0/s1. The molecule has 3 aromatic carbocycles. The Balaban J connectivity index is 1.89. The molecule has 0 spiro atoms. The summed E-state index contributed by atoms with van der Waals surface area (Å²) >= 11 is 6.04. The van der Waals surface area contributed by atoms with Crippen molar-refractivity contribution in [2.24, 2.45) is 0 Å². The number of halogens is 1. The van der Waals surface area contributed by atoms with Crippen LogP contribution in [-0.4, -0.2) is 50.0 Å².